The van der Waals surface area contributed by atoms with Crippen molar-refractivity contribution in [3.05, 3.63) is 25.3 Å². The molecule has 0 amide bonds. The Labute approximate surface area is 79.7 Å². The summed E-state index contributed by atoms with van der Waals surface area (Å²) in [7, 11) is 0.591. The summed E-state index contributed by atoms with van der Waals surface area (Å²) in [5.41, 5.74) is 0. The van der Waals surface area contributed by atoms with E-state index in [2.05, 4.69) is 13.2 Å². The van der Waals surface area contributed by atoms with Crippen molar-refractivity contribution in [1.29, 1.82) is 0 Å². The molecule has 4 heteroatoms. The van der Waals surface area contributed by atoms with Crippen LogP contribution in [0.4, 0.5) is 0 Å². The lowest BCUT2D eigenvalue weighted by Crippen LogP contribution is -1.97. The molecule has 0 aromatic heterocycles. The molecule has 10 heavy (non-hydrogen) atoms. The summed E-state index contributed by atoms with van der Waals surface area (Å²) >= 11 is 0. The van der Waals surface area contributed by atoms with Gasteiger partial charge >= 0.3 is 0 Å². The van der Waals surface area contributed by atoms with E-state index in [4.69, 9.17) is 0 Å². The van der Waals surface area contributed by atoms with Crippen molar-refractivity contribution >= 4 is 38.4 Å². The van der Waals surface area contributed by atoms with Crippen molar-refractivity contribution in [3.63, 3.8) is 0 Å². The molecule has 0 fully saturated rings. The Hall–Kier alpha value is 0.672. The largest absolute Gasteiger partial charge is 0.605 e. The van der Waals surface area contributed by atoms with E-state index in [1.807, 2.05) is 0 Å². The van der Waals surface area contributed by atoms with Crippen LogP contribution in [0.1, 0.15) is 0 Å². The van der Waals surface area contributed by atoms with E-state index in [1.54, 1.807) is 12.2 Å². The molecule has 55 valence electrons. The Morgan fingerprint density at radius 1 is 1.40 bits per heavy atom. The van der Waals surface area contributed by atoms with Gasteiger partial charge in [-0.1, -0.05) is 12.7 Å². The molecular weight excluding hydrogens is 179 g/mol. The van der Waals surface area contributed by atoms with E-state index >= 15 is 0 Å². The number of hydrogen-bond donors (Lipinski definition) is 0. The van der Waals surface area contributed by atoms with Gasteiger partial charge < -0.3 is 4.55 Å². The summed E-state index contributed by atoms with van der Waals surface area (Å²) in [6.07, 6.45) is 3.40. The van der Waals surface area contributed by atoms with Gasteiger partial charge in [0, 0.05) is 27.6 Å². The van der Waals surface area contributed by atoms with Gasteiger partial charge in [0.2, 0.25) is 0 Å². The second-order valence-electron chi connectivity index (χ2n) is 1.33. The molecule has 0 rings (SSSR count). The van der Waals surface area contributed by atoms with Crippen molar-refractivity contribution in [1.82, 2.24) is 0 Å². The molecule has 1 unspecified atom stereocenters. The molecule has 0 aromatic carbocycles. The van der Waals surface area contributed by atoms with Gasteiger partial charge in [0.1, 0.15) is 5.75 Å². The lowest BCUT2D eigenvalue weighted by Gasteiger charge is -2.02. The van der Waals surface area contributed by atoms with Crippen LogP contribution in [0, 0.1) is 0 Å². The highest BCUT2D eigenvalue weighted by Crippen LogP contribution is 2.12. The summed E-state index contributed by atoms with van der Waals surface area (Å²) in [5, 5.41) is 0. The number of hydrogen-bond acceptors (Lipinski definition) is 2. The minimum absolute atomic E-state index is 0. The lowest BCUT2D eigenvalue weighted by atomic mass is 10.8. The molecule has 0 aromatic rings. The molecule has 0 N–H and O–H groups in total. The molecular formula is C6H10AlOS2. The average molecular weight is 189 g/mol. The van der Waals surface area contributed by atoms with Crippen LogP contribution >= 0.6 is 10.8 Å². The maximum absolute atomic E-state index is 10.8. The second-order valence-corrected chi connectivity index (χ2v) is 4.66. The van der Waals surface area contributed by atoms with Crippen LogP contribution in [0.5, 0.6) is 0 Å². The zero-order valence-electron chi connectivity index (χ0n) is 5.79. The van der Waals surface area contributed by atoms with Crippen molar-refractivity contribution < 1.29 is 4.55 Å². The van der Waals surface area contributed by atoms with Crippen LogP contribution in [0.2, 0.25) is 0 Å². The zero-order valence-corrected chi connectivity index (χ0v) is 8.57. The summed E-state index contributed by atoms with van der Waals surface area (Å²) in [6, 6.07) is 0. The van der Waals surface area contributed by atoms with Gasteiger partial charge in [-0.3, -0.25) is 0 Å². The molecule has 1 nitrogen and oxygen atoms in total. The maximum Gasteiger partial charge on any atom is 0.135 e. The molecule has 0 spiro atoms. The quantitative estimate of drug-likeness (QED) is 0.282. The first-order chi connectivity index (χ1) is 4.31. The third-order valence-electron chi connectivity index (χ3n) is 0.571. The molecule has 0 bridgehead atoms. The van der Waals surface area contributed by atoms with Crippen LogP contribution in [-0.2, 0) is 10.2 Å². The minimum Gasteiger partial charge on any atom is -0.605 e. The highest BCUT2D eigenvalue weighted by atomic mass is 33.1. The molecule has 3 radical (unpaired) electrons. The van der Waals surface area contributed by atoms with Gasteiger partial charge in [-0.05, 0) is 6.08 Å². The van der Waals surface area contributed by atoms with E-state index in [0.717, 1.165) is 5.75 Å². The van der Waals surface area contributed by atoms with E-state index in [1.165, 1.54) is 10.8 Å². The lowest BCUT2D eigenvalue weighted by molar-refractivity contribution is 0.612. The zero-order chi connectivity index (χ0) is 7.11. The van der Waals surface area contributed by atoms with Crippen LogP contribution < -0.4 is 0 Å². The Morgan fingerprint density at radius 3 is 2.40 bits per heavy atom. The fraction of sp³-hybridized carbons (Fsp3) is 0.333. The van der Waals surface area contributed by atoms with Crippen molar-refractivity contribution in [2.45, 2.75) is 0 Å². The predicted octanol–water partition coefficient (Wildman–Crippen LogP) is 1.37. The Balaban J connectivity index is 0. The van der Waals surface area contributed by atoms with Gasteiger partial charge in [-0.15, -0.1) is 6.58 Å². The van der Waals surface area contributed by atoms with Crippen molar-refractivity contribution in [3.8, 4) is 0 Å². The Morgan fingerprint density at radius 2 is 2.00 bits per heavy atom. The monoisotopic (exact) mass is 189 g/mol. The van der Waals surface area contributed by atoms with Crippen LogP contribution in [0.3, 0.4) is 0 Å². The van der Waals surface area contributed by atoms with Crippen LogP contribution in [0.15, 0.2) is 25.3 Å². The van der Waals surface area contributed by atoms with Gasteiger partial charge in [0.25, 0.3) is 0 Å². The first kappa shape index (κ1) is 13.3. The van der Waals surface area contributed by atoms with Crippen LogP contribution in [0.25, 0.3) is 0 Å². The van der Waals surface area contributed by atoms with Crippen LogP contribution in [-0.4, -0.2) is 33.4 Å². The Bertz CT molecular complexity index is 97.7. The summed E-state index contributed by atoms with van der Waals surface area (Å²) in [4.78, 5) is 0. The molecule has 1 atom stereocenters. The van der Waals surface area contributed by atoms with Gasteiger partial charge in [0.15, 0.2) is 0 Å². The molecule has 0 saturated carbocycles. The first-order valence-electron chi connectivity index (χ1n) is 2.54. The van der Waals surface area contributed by atoms with E-state index < -0.39 is 10.2 Å². The molecule has 0 aliphatic rings. The smallest absolute Gasteiger partial charge is 0.135 e. The van der Waals surface area contributed by atoms with Crippen molar-refractivity contribution in [2.24, 2.45) is 0 Å². The van der Waals surface area contributed by atoms with Gasteiger partial charge in [-0.2, -0.15) is 0 Å². The fourth-order valence-electron chi connectivity index (χ4n) is 0.268. The Kier molecular flexibility index (Phi) is 12.8. The summed E-state index contributed by atoms with van der Waals surface area (Å²) in [5.74, 6) is 1.32. The topological polar surface area (TPSA) is 23.1 Å². The second kappa shape index (κ2) is 9.67. The minimum atomic E-state index is -0.793. The molecule has 0 heterocycles. The molecule has 0 aliphatic heterocycles. The summed E-state index contributed by atoms with van der Waals surface area (Å²) in [6.45, 7) is 6.99. The SMILES string of the molecule is C=CCS[S+]([O-])CC=C.[Al]. The van der Waals surface area contributed by atoms with E-state index in [-0.39, 0.29) is 17.4 Å². The first-order valence-corrected chi connectivity index (χ1v) is 5.37. The highest BCUT2D eigenvalue weighted by molar-refractivity contribution is 8.72. The maximum atomic E-state index is 10.8. The average Bonchev–Trinajstić information content (AvgIpc) is 1.85. The van der Waals surface area contributed by atoms with Crippen molar-refractivity contribution in [2.75, 3.05) is 11.5 Å². The normalized spacial score (nSPS) is 11.3. The third-order valence-corrected chi connectivity index (χ3v) is 3.32. The number of rotatable bonds is 5. The summed E-state index contributed by atoms with van der Waals surface area (Å²) < 4.78 is 10.8. The molecule has 0 aliphatic carbocycles. The van der Waals surface area contributed by atoms with Gasteiger partial charge in [0.05, 0.1) is 16.5 Å². The highest BCUT2D eigenvalue weighted by Gasteiger charge is 2.01. The molecule has 0 saturated heterocycles. The van der Waals surface area contributed by atoms with E-state index in [9.17, 15) is 4.55 Å². The fourth-order valence-corrected chi connectivity index (χ4v) is 2.13. The van der Waals surface area contributed by atoms with Gasteiger partial charge in [-0.25, -0.2) is 0 Å². The van der Waals surface area contributed by atoms with E-state index in [0.29, 0.717) is 5.75 Å². The third kappa shape index (κ3) is 8.67. The standard InChI is InChI=1S/C6H10OS2.Al/c1-3-5-8-9(7)6-4-2;/h3-4H,1-2,5-6H2;. The predicted molar refractivity (Wildman–Crippen MR) is 51.6 cm³/mol.